The highest BCUT2D eigenvalue weighted by Gasteiger charge is 2.47. The zero-order valence-electron chi connectivity index (χ0n) is 82.0. The number of rotatable bonds is 15. The lowest BCUT2D eigenvalue weighted by molar-refractivity contribution is 0.103. The molecule has 2 unspecified atom stereocenters. The van der Waals surface area contributed by atoms with E-state index in [4.69, 9.17) is 47.0 Å². The van der Waals surface area contributed by atoms with Crippen LogP contribution in [0.1, 0.15) is 416 Å². The van der Waals surface area contributed by atoms with E-state index in [-0.39, 0.29) is 117 Å². The van der Waals surface area contributed by atoms with Crippen LogP contribution in [-0.4, -0.2) is 168 Å². The first-order valence-corrected chi connectivity index (χ1v) is 50.5. The number of aromatic nitrogens is 28. The molecule has 15 aromatic rings. The fraction of sp³-hybridized carbons (Fsp3) is 0.626. The number of fused-ring (bicyclic) bond motifs is 5. The summed E-state index contributed by atoms with van der Waals surface area (Å²) < 4.78 is 108. The Morgan fingerprint density at radius 2 is 0.437 bits per heavy atom. The minimum Gasteiger partial charge on any atom is -0.445 e. The highest BCUT2D eigenvalue weighted by molar-refractivity contribution is 5.76. The van der Waals surface area contributed by atoms with Crippen molar-refractivity contribution in [2.75, 3.05) is 0 Å². The van der Waals surface area contributed by atoms with Crippen LogP contribution in [0.2, 0.25) is 0 Å². The molecule has 0 amide bonds. The molecule has 10 saturated carbocycles. The Labute approximate surface area is 809 Å². The maximum atomic E-state index is 14.2. The molecule has 0 bridgehead atoms. The number of halogens is 5. The van der Waals surface area contributed by atoms with E-state index in [1.54, 1.807) is 86.4 Å². The van der Waals surface area contributed by atoms with E-state index in [0.717, 1.165) is 98.9 Å². The molecule has 38 nitrogen and oxygen atoms in total. The number of aryl methyl sites for hydroxylation is 7. The van der Waals surface area contributed by atoms with Crippen LogP contribution in [0.25, 0.3) is 55.2 Å². The average Bonchev–Trinajstić information content (AvgIpc) is 1.56. The van der Waals surface area contributed by atoms with Gasteiger partial charge in [-0.3, -0.25) is 24.0 Å². The van der Waals surface area contributed by atoms with Crippen molar-refractivity contribution >= 4 is 55.2 Å². The summed E-state index contributed by atoms with van der Waals surface area (Å²) >= 11 is 0. The first kappa shape index (κ1) is 95.4. The first-order valence-electron chi connectivity index (χ1n) is 50.5. The van der Waals surface area contributed by atoms with Crippen molar-refractivity contribution in [2.45, 2.75) is 393 Å². The van der Waals surface area contributed by atoms with Gasteiger partial charge in [-0.15, -0.1) is 30.6 Å². The Hall–Kier alpha value is -12.8. The van der Waals surface area contributed by atoms with E-state index < -0.39 is 28.3 Å². The van der Waals surface area contributed by atoms with E-state index >= 15 is 0 Å². The number of hydrogen-bond acceptors (Lipinski definition) is 28. The molecule has 752 valence electrons. The van der Waals surface area contributed by atoms with Gasteiger partial charge in [0.25, 0.3) is 27.8 Å². The molecule has 0 aromatic carbocycles. The molecule has 43 heteroatoms. The number of nitrogens with one attached hydrogen (secondary N) is 5. The van der Waals surface area contributed by atoms with Crippen LogP contribution in [0.5, 0.6) is 0 Å². The van der Waals surface area contributed by atoms with Crippen molar-refractivity contribution in [1.82, 2.24) is 139 Å². The third-order valence-corrected chi connectivity index (χ3v) is 32.6. The van der Waals surface area contributed by atoms with Gasteiger partial charge in [-0.2, -0.15) is 25.5 Å². The van der Waals surface area contributed by atoms with E-state index in [0.29, 0.717) is 248 Å². The summed E-state index contributed by atoms with van der Waals surface area (Å²) in [5.74, 6) is 10.5. The van der Waals surface area contributed by atoms with Gasteiger partial charge in [0.2, 0.25) is 35.3 Å². The summed E-state index contributed by atoms with van der Waals surface area (Å²) in [6.45, 7) is 21.3. The molecule has 15 aromatic heterocycles. The van der Waals surface area contributed by atoms with Crippen LogP contribution < -0.4 is 27.8 Å². The molecule has 10 aliphatic rings. The second kappa shape index (κ2) is 37.2. The maximum absolute atomic E-state index is 14.2. The number of hydrogen-bond donors (Lipinski definition) is 5. The largest absolute Gasteiger partial charge is 0.445 e. The van der Waals surface area contributed by atoms with Gasteiger partial charge in [0.1, 0.15) is 95.9 Å². The van der Waals surface area contributed by atoms with Crippen LogP contribution in [-0.2, 0) is 0 Å². The standard InChI is InChI=1S/2C21H26FN5O2.3C19H23FN6O2/c2*1-11-12(2)29-20(24-11)15-5-4-14(15)17-25-18-16(19(28)26-17)10-23-27(18)13-6-8-21(3,22)9-7-13;3*1-10-24-25-18(28-10)13-4-3-12(13)15-22-16-14(17(27)23-15)9-21-26(16)11-5-7-19(2,20)8-6-11/h2*10,13-15H,4-9H2,1-3H3,(H,25,26,28);3*9,11-13H,3-8H2,1-2H3,(H,22,23,27)/t13?,14-,15-,21?;;2*11?,12-,13+,19?;11?,12-,13-,19?/m0.100/s1. The van der Waals surface area contributed by atoms with E-state index in [1.165, 1.54) is 0 Å². The second-order valence-electron chi connectivity index (χ2n) is 42.9. The molecular formula is C99H121F5N28O10. The predicted octanol–water partition coefficient (Wildman–Crippen LogP) is 18.4. The van der Waals surface area contributed by atoms with Crippen molar-refractivity contribution in [3.05, 3.63) is 182 Å². The number of nitrogens with zero attached hydrogens (tertiary/aromatic N) is 23. The number of alkyl halides is 5. The van der Waals surface area contributed by atoms with Gasteiger partial charge >= 0.3 is 0 Å². The summed E-state index contributed by atoms with van der Waals surface area (Å²) in [5.41, 5.74) is -1.73. The van der Waals surface area contributed by atoms with Crippen LogP contribution in [0, 0.1) is 48.5 Å². The van der Waals surface area contributed by atoms with Gasteiger partial charge in [0.05, 0.1) is 72.6 Å². The molecule has 0 aliphatic heterocycles. The van der Waals surface area contributed by atoms with Crippen molar-refractivity contribution in [3.63, 3.8) is 0 Å². The Balaban J connectivity index is 0.000000105. The van der Waals surface area contributed by atoms with Crippen LogP contribution in [0.4, 0.5) is 22.0 Å². The highest BCUT2D eigenvalue weighted by Crippen LogP contribution is 2.54. The Morgan fingerprint density at radius 3 is 0.592 bits per heavy atom. The molecule has 10 aliphatic carbocycles. The minimum absolute atomic E-state index is 0.0424. The van der Waals surface area contributed by atoms with Crippen LogP contribution >= 0.6 is 0 Å². The van der Waals surface area contributed by atoms with E-state index in [2.05, 4.69) is 91.0 Å². The lowest BCUT2D eigenvalue weighted by Gasteiger charge is -2.33. The zero-order valence-corrected chi connectivity index (χ0v) is 82.0. The third-order valence-electron chi connectivity index (χ3n) is 32.6. The van der Waals surface area contributed by atoms with Crippen molar-refractivity contribution in [2.24, 2.45) is 0 Å². The highest BCUT2D eigenvalue weighted by atomic mass is 19.2. The number of oxazole rings is 2. The summed E-state index contributed by atoms with van der Waals surface area (Å²) in [6, 6.07) is 0.359. The number of H-pyrrole nitrogens is 5. The fourth-order valence-electron chi connectivity index (χ4n) is 22.5. The minimum atomic E-state index is -1.11. The average molecular weight is 1960 g/mol. The molecular weight excluding hydrogens is 1840 g/mol. The molecule has 10 atom stereocenters. The molecule has 15 heterocycles. The Morgan fingerprint density at radius 1 is 0.254 bits per heavy atom. The van der Waals surface area contributed by atoms with Gasteiger partial charge in [0, 0.05) is 80.0 Å². The van der Waals surface area contributed by atoms with Crippen molar-refractivity contribution < 1.29 is 44.0 Å². The summed E-state index contributed by atoms with van der Waals surface area (Å²) in [4.78, 5) is 111. The van der Waals surface area contributed by atoms with Crippen LogP contribution in [0.15, 0.2) is 77.0 Å². The summed E-state index contributed by atoms with van der Waals surface area (Å²) in [6.07, 6.45) is 29.1. The normalized spacial score (nSPS) is 30.2. The van der Waals surface area contributed by atoms with Gasteiger partial charge in [-0.1, -0.05) is 0 Å². The van der Waals surface area contributed by atoms with Gasteiger partial charge < -0.3 is 47.0 Å². The van der Waals surface area contributed by atoms with Crippen molar-refractivity contribution in [3.8, 4) is 0 Å². The predicted molar refractivity (Wildman–Crippen MR) is 508 cm³/mol. The van der Waals surface area contributed by atoms with Crippen molar-refractivity contribution in [1.29, 1.82) is 0 Å². The molecule has 25 rings (SSSR count). The first-order chi connectivity index (χ1) is 67.9. The van der Waals surface area contributed by atoms with E-state index in [1.807, 2.05) is 51.1 Å². The molecule has 5 N–H and O–H groups in total. The Kier molecular flexibility index (Phi) is 25.0. The maximum Gasteiger partial charge on any atom is 0.262 e. The van der Waals surface area contributed by atoms with Gasteiger partial charge in [0.15, 0.2) is 40.0 Å². The quantitative estimate of drug-likeness (QED) is 0.0595. The van der Waals surface area contributed by atoms with Gasteiger partial charge in [-0.05, 0) is 255 Å². The van der Waals surface area contributed by atoms with Crippen LogP contribution in [0.3, 0.4) is 0 Å². The third kappa shape index (κ3) is 18.8. The monoisotopic (exact) mass is 1960 g/mol. The second-order valence-corrected chi connectivity index (χ2v) is 42.9. The summed E-state index contributed by atoms with van der Waals surface area (Å²) in [5, 5.41) is 48.7. The van der Waals surface area contributed by atoms with E-state index in [9.17, 15) is 45.9 Å². The fourth-order valence-corrected chi connectivity index (χ4v) is 22.5. The lowest BCUT2D eigenvalue weighted by Crippen LogP contribution is -2.29. The molecule has 0 spiro atoms. The number of aromatic amines is 5. The SMILES string of the molecule is Cc1nc(C2CCC2c2nc3c(cnn3C3CCC(C)(F)CC3)c(=O)[nH]2)oc1C.Cc1nc([C@H]2CC[C@@H]2c2nc3c(cnn3C3CCC(C)(F)CC3)c(=O)[nH]2)oc1C.Cc1nnc([C@@H]2CC[C@@H]2c2nc3c(cnn3C3CCC(C)(F)CC3)c(=O)[nH]2)o1.Cc1nnc([C@H]2CC[C@@H]2c2nc3c(cnn3C3CCC(C)(F)CC3)c(=O)[nH]2)o1.Cc1nnc([C@H]2CC[C@H]2c2nc3c(cnn3C3CCC(C)(F)CC3)c(=O)[nH]2)o1. The molecule has 10 fully saturated rings. The molecule has 0 radical (unpaired) electrons. The molecule has 142 heavy (non-hydrogen) atoms. The Bertz CT molecular complexity index is 6860. The topological polar surface area (TPSA) is 487 Å². The summed E-state index contributed by atoms with van der Waals surface area (Å²) in [7, 11) is 0. The zero-order chi connectivity index (χ0) is 99.1. The molecule has 0 saturated heterocycles. The lowest BCUT2D eigenvalue weighted by atomic mass is 9.73. The smallest absolute Gasteiger partial charge is 0.262 e. The van der Waals surface area contributed by atoms with Gasteiger partial charge in [-0.25, -0.2) is 80.2 Å².